The maximum Gasteiger partial charge on any atom is 0.270 e. The second kappa shape index (κ2) is 6.04. The summed E-state index contributed by atoms with van der Waals surface area (Å²) in [5.74, 6) is 0.704. The average molecular weight is 309 g/mol. The van der Waals surface area contributed by atoms with Gasteiger partial charge in [0.05, 0.1) is 16.2 Å². The van der Waals surface area contributed by atoms with Gasteiger partial charge in [0.1, 0.15) is 5.82 Å². The van der Waals surface area contributed by atoms with Crippen molar-refractivity contribution < 1.29 is 13.3 Å². The third kappa shape index (κ3) is 3.88. The highest BCUT2D eigenvalue weighted by Gasteiger charge is 2.08. The summed E-state index contributed by atoms with van der Waals surface area (Å²) in [4.78, 5) is 14.5. The van der Waals surface area contributed by atoms with Crippen LogP contribution >= 0.6 is 0 Å². The van der Waals surface area contributed by atoms with E-state index in [0.717, 1.165) is 0 Å². The summed E-state index contributed by atoms with van der Waals surface area (Å²) in [6.45, 7) is 1.89. The summed E-state index contributed by atoms with van der Waals surface area (Å²) in [5.41, 5.74) is 0.628. The van der Waals surface area contributed by atoms with E-state index in [4.69, 9.17) is 0 Å². The fourth-order valence-electron chi connectivity index (χ4n) is 1.80. The number of nitrogens with zero attached hydrogens (tertiary/aromatic N) is 2. The molecular formula is C13H15N3O4S. The van der Waals surface area contributed by atoms with Gasteiger partial charge in [0.2, 0.25) is 0 Å². The minimum atomic E-state index is -3.01. The van der Waals surface area contributed by atoms with Crippen molar-refractivity contribution >= 4 is 32.2 Å². The van der Waals surface area contributed by atoms with Crippen LogP contribution in [-0.4, -0.2) is 36.4 Å². The van der Waals surface area contributed by atoms with Crippen LogP contribution in [0.4, 0.5) is 11.5 Å². The molecule has 0 unspecified atom stereocenters. The van der Waals surface area contributed by atoms with Crippen molar-refractivity contribution in [1.29, 1.82) is 0 Å². The number of anilines is 1. The Morgan fingerprint density at radius 2 is 2.05 bits per heavy atom. The number of rotatable bonds is 6. The van der Waals surface area contributed by atoms with E-state index >= 15 is 0 Å². The molecule has 1 N–H and O–H groups in total. The van der Waals surface area contributed by atoms with E-state index in [1.165, 1.54) is 12.1 Å². The van der Waals surface area contributed by atoms with Gasteiger partial charge in [-0.05, 0) is 18.2 Å². The van der Waals surface area contributed by atoms with Crippen LogP contribution in [0.3, 0.4) is 0 Å². The molecule has 0 aliphatic heterocycles. The molecule has 0 saturated heterocycles. The summed E-state index contributed by atoms with van der Waals surface area (Å²) in [6.07, 6.45) is 0. The lowest BCUT2D eigenvalue weighted by Crippen LogP contribution is -2.17. The van der Waals surface area contributed by atoms with Crippen LogP contribution in [0.2, 0.25) is 0 Å². The Kier molecular flexibility index (Phi) is 4.37. The summed E-state index contributed by atoms with van der Waals surface area (Å²) in [5, 5.41) is 14.3. The van der Waals surface area contributed by atoms with Crippen molar-refractivity contribution in [3.63, 3.8) is 0 Å². The SMILES string of the molecule is CCS(=O)(=O)CCNc1ccc2cc([N+](=O)[O-])ccc2n1. The third-order valence-corrected chi connectivity index (χ3v) is 4.75. The minimum Gasteiger partial charge on any atom is -0.369 e. The van der Waals surface area contributed by atoms with E-state index < -0.39 is 14.8 Å². The lowest BCUT2D eigenvalue weighted by molar-refractivity contribution is -0.384. The smallest absolute Gasteiger partial charge is 0.270 e. The van der Waals surface area contributed by atoms with Crippen LogP contribution in [-0.2, 0) is 9.84 Å². The molecule has 0 amide bonds. The maximum absolute atomic E-state index is 11.4. The molecule has 0 fully saturated rings. The molecule has 112 valence electrons. The first-order valence-electron chi connectivity index (χ1n) is 6.41. The summed E-state index contributed by atoms with van der Waals surface area (Å²) >= 11 is 0. The second-order valence-corrected chi connectivity index (χ2v) is 6.97. The molecule has 2 rings (SSSR count). The van der Waals surface area contributed by atoms with E-state index in [9.17, 15) is 18.5 Å². The zero-order chi connectivity index (χ0) is 15.5. The predicted molar refractivity (Wildman–Crippen MR) is 81.2 cm³/mol. The molecule has 0 bridgehead atoms. The largest absolute Gasteiger partial charge is 0.369 e. The highest BCUT2D eigenvalue weighted by molar-refractivity contribution is 7.91. The molecule has 1 heterocycles. The Hall–Kier alpha value is -2.22. The van der Waals surface area contributed by atoms with Crippen molar-refractivity contribution in [2.24, 2.45) is 0 Å². The zero-order valence-corrected chi connectivity index (χ0v) is 12.3. The number of pyridine rings is 1. The second-order valence-electron chi connectivity index (χ2n) is 4.49. The van der Waals surface area contributed by atoms with Gasteiger partial charge in [-0.2, -0.15) is 0 Å². The van der Waals surface area contributed by atoms with Gasteiger partial charge in [-0.1, -0.05) is 6.92 Å². The van der Waals surface area contributed by atoms with E-state index in [2.05, 4.69) is 10.3 Å². The predicted octanol–water partition coefficient (Wildman–Crippen LogP) is 1.99. The summed E-state index contributed by atoms with van der Waals surface area (Å²) < 4.78 is 22.8. The molecule has 8 heteroatoms. The highest BCUT2D eigenvalue weighted by Crippen LogP contribution is 2.20. The lowest BCUT2D eigenvalue weighted by Gasteiger charge is -2.06. The Labute approximate surface area is 122 Å². The Balaban J connectivity index is 2.13. The lowest BCUT2D eigenvalue weighted by atomic mass is 10.2. The molecule has 0 aliphatic rings. The molecule has 0 saturated carbocycles. The zero-order valence-electron chi connectivity index (χ0n) is 11.4. The highest BCUT2D eigenvalue weighted by atomic mass is 32.2. The number of hydrogen-bond donors (Lipinski definition) is 1. The molecule has 1 aromatic carbocycles. The van der Waals surface area contributed by atoms with E-state index in [1.807, 2.05) is 0 Å². The number of hydrogen-bond acceptors (Lipinski definition) is 6. The summed E-state index contributed by atoms with van der Waals surface area (Å²) in [7, 11) is -3.01. The minimum absolute atomic E-state index is 0.0130. The first-order chi connectivity index (χ1) is 9.91. The molecular weight excluding hydrogens is 294 g/mol. The maximum atomic E-state index is 11.4. The van der Waals surface area contributed by atoms with Gasteiger partial charge in [-0.15, -0.1) is 0 Å². The van der Waals surface area contributed by atoms with Crippen LogP contribution in [0.5, 0.6) is 0 Å². The van der Waals surface area contributed by atoms with Crippen LogP contribution in [0.1, 0.15) is 6.92 Å². The van der Waals surface area contributed by atoms with Gasteiger partial charge in [-0.25, -0.2) is 13.4 Å². The number of aromatic nitrogens is 1. The molecule has 0 spiro atoms. The van der Waals surface area contributed by atoms with Crippen LogP contribution in [0, 0.1) is 10.1 Å². The van der Waals surface area contributed by atoms with Gasteiger partial charge in [0, 0.05) is 29.8 Å². The molecule has 2 aromatic rings. The average Bonchev–Trinajstić information content (AvgIpc) is 2.46. The molecule has 21 heavy (non-hydrogen) atoms. The summed E-state index contributed by atoms with van der Waals surface area (Å²) in [6, 6.07) is 7.80. The number of fused-ring (bicyclic) bond motifs is 1. The monoisotopic (exact) mass is 309 g/mol. The number of nitro benzene ring substituents is 1. The normalized spacial score (nSPS) is 11.5. The Morgan fingerprint density at radius 1 is 1.29 bits per heavy atom. The van der Waals surface area contributed by atoms with Crippen molar-refractivity contribution in [1.82, 2.24) is 4.98 Å². The van der Waals surface area contributed by atoms with Crippen LogP contribution < -0.4 is 5.32 Å². The van der Waals surface area contributed by atoms with Crippen molar-refractivity contribution in [3.05, 3.63) is 40.4 Å². The topological polar surface area (TPSA) is 102 Å². The number of nitrogens with one attached hydrogen (secondary N) is 1. The number of benzene rings is 1. The fraction of sp³-hybridized carbons (Fsp3) is 0.308. The Bertz CT molecular complexity index is 774. The molecule has 0 aliphatic carbocycles. The third-order valence-electron chi connectivity index (χ3n) is 3.04. The van der Waals surface area contributed by atoms with Crippen LogP contribution in [0.15, 0.2) is 30.3 Å². The van der Waals surface area contributed by atoms with Gasteiger partial charge in [0.15, 0.2) is 9.84 Å². The first-order valence-corrected chi connectivity index (χ1v) is 8.23. The number of non-ortho nitro benzene ring substituents is 1. The molecule has 1 aromatic heterocycles. The Morgan fingerprint density at radius 3 is 2.71 bits per heavy atom. The van der Waals surface area contributed by atoms with Gasteiger partial charge in [0.25, 0.3) is 5.69 Å². The van der Waals surface area contributed by atoms with Crippen LogP contribution in [0.25, 0.3) is 10.9 Å². The molecule has 0 radical (unpaired) electrons. The van der Waals surface area contributed by atoms with Crippen molar-refractivity contribution in [2.45, 2.75) is 6.92 Å². The van der Waals surface area contributed by atoms with Gasteiger partial charge < -0.3 is 5.32 Å². The standard InChI is InChI=1S/C13H15N3O4S/c1-2-21(19,20)8-7-14-13-6-3-10-9-11(16(17)18)4-5-12(10)15-13/h3-6,9H,2,7-8H2,1H3,(H,14,15). The van der Waals surface area contributed by atoms with Gasteiger partial charge >= 0.3 is 0 Å². The molecule has 0 atom stereocenters. The van der Waals surface area contributed by atoms with E-state index in [0.29, 0.717) is 16.7 Å². The first kappa shape index (κ1) is 15.2. The number of nitro groups is 1. The quantitative estimate of drug-likeness (QED) is 0.646. The van der Waals surface area contributed by atoms with Crippen molar-refractivity contribution in [2.75, 3.05) is 23.4 Å². The fourth-order valence-corrected chi connectivity index (χ4v) is 2.51. The van der Waals surface area contributed by atoms with Crippen molar-refractivity contribution in [3.8, 4) is 0 Å². The van der Waals surface area contributed by atoms with Gasteiger partial charge in [-0.3, -0.25) is 10.1 Å². The number of sulfone groups is 1. The van der Waals surface area contributed by atoms with E-state index in [-0.39, 0.29) is 23.7 Å². The van der Waals surface area contributed by atoms with E-state index in [1.54, 1.807) is 25.1 Å². The molecule has 7 nitrogen and oxygen atoms in total.